The largest absolute Gasteiger partial charge is 0.368 e. The summed E-state index contributed by atoms with van der Waals surface area (Å²) in [7, 11) is 0. The van der Waals surface area contributed by atoms with Gasteiger partial charge in [-0.1, -0.05) is 44.2 Å². The van der Waals surface area contributed by atoms with Crippen LogP contribution >= 0.6 is 11.3 Å². The Kier molecular flexibility index (Phi) is 6.44. The first kappa shape index (κ1) is 21.2. The van der Waals surface area contributed by atoms with Gasteiger partial charge in [-0.3, -0.25) is 14.9 Å². The monoisotopic (exact) mass is 435 g/mol. The maximum absolute atomic E-state index is 12.7. The minimum atomic E-state index is -0.416. The Bertz CT molecular complexity index is 1070. The van der Waals surface area contributed by atoms with Gasteiger partial charge in [-0.05, 0) is 42.5 Å². The molecular weight excluding hydrogens is 410 g/mol. The lowest BCUT2D eigenvalue weighted by Gasteiger charge is -2.11. The third-order valence-corrected chi connectivity index (χ3v) is 5.97. The first-order valence-corrected chi connectivity index (χ1v) is 11.3. The maximum atomic E-state index is 12.7. The third kappa shape index (κ3) is 5.18. The molecule has 2 aromatic carbocycles. The molecule has 160 valence electrons. The Morgan fingerprint density at radius 1 is 1.13 bits per heavy atom. The number of nitrogens with zero attached hydrogens (tertiary/aromatic N) is 1. The van der Waals surface area contributed by atoms with Crippen molar-refractivity contribution in [1.29, 1.82) is 0 Å². The van der Waals surface area contributed by atoms with Crippen LogP contribution in [-0.2, 0) is 9.53 Å². The lowest BCUT2D eigenvalue weighted by molar-refractivity contribution is -0.124. The van der Waals surface area contributed by atoms with Crippen molar-refractivity contribution in [2.75, 3.05) is 17.2 Å². The molecule has 1 saturated heterocycles. The highest BCUT2D eigenvalue weighted by Gasteiger charge is 2.23. The predicted octanol–water partition coefficient (Wildman–Crippen LogP) is 5.30. The fourth-order valence-corrected chi connectivity index (χ4v) is 4.13. The summed E-state index contributed by atoms with van der Waals surface area (Å²) in [4.78, 5) is 29.5. The Balaban J connectivity index is 1.41. The van der Waals surface area contributed by atoms with Gasteiger partial charge in [0, 0.05) is 28.8 Å². The van der Waals surface area contributed by atoms with Crippen molar-refractivity contribution >= 4 is 34.0 Å². The molecule has 1 aliphatic heterocycles. The smallest absolute Gasteiger partial charge is 0.257 e. The molecule has 0 bridgehead atoms. The predicted molar refractivity (Wildman–Crippen MR) is 124 cm³/mol. The van der Waals surface area contributed by atoms with Crippen LogP contribution in [0.1, 0.15) is 48.5 Å². The number of aromatic nitrogens is 1. The van der Waals surface area contributed by atoms with Crippen LogP contribution in [0.2, 0.25) is 0 Å². The molecule has 0 spiro atoms. The fourth-order valence-electron chi connectivity index (χ4n) is 3.42. The van der Waals surface area contributed by atoms with Crippen LogP contribution in [0.5, 0.6) is 0 Å². The van der Waals surface area contributed by atoms with Crippen LogP contribution in [0.3, 0.4) is 0 Å². The van der Waals surface area contributed by atoms with E-state index in [1.165, 1.54) is 16.9 Å². The minimum Gasteiger partial charge on any atom is -0.368 e. The van der Waals surface area contributed by atoms with E-state index < -0.39 is 6.10 Å². The molecule has 4 rings (SSSR count). The second-order valence-corrected chi connectivity index (χ2v) is 8.70. The van der Waals surface area contributed by atoms with Crippen molar-refractivity contribution in [2.45, 2.75) is 38.7 Å². The van der Waals surface area contributed by atoms with E-state index in [0.717, 1.165) is 24.1 Å². The van der Waals surface area contributed by atoms with Crippen molar-refractivity contribution < 1.29 is 14.3 Å². The van der Waals surface area contributed by atoms with Crippen LogP contribution in [-0.4, -0.2) is 29.5 Å². The third-order valence-electron chi connectivity index (χ3n) is 5.21. The van der Waals surface area contributed by atoms with Crippen LogP contribution in [0, 0.1) is 0 Å². The molecule has 1 aromatic heterocycles. The summed E-state index contributed by atoms with van der Waals surface area (Å²) in [6.45, 7) is 4.93. The molecule has 1 fully saturated rings. The molecule has 0 aliphatic carbocycles. The van der Waals surface area contributed by atoms with Crippen molar-refractivity contribution in [3.05, 3.63) is 65.0 Å². The van der Waals surface area contributed by atoms with Gasteiger partial charge in [0.15, 0.2) is 5.13 Å². The summed E-state index contributed by atoms with van der Waals surface area (Å²) in [5.74, 6) is 0.0259. The fraction of sp³-hybridized carbons (Fsp3) is 0.292. The molecule has 0 radical (unpaired) electrons. The molecule has 1 aliphatic rings. The maximum Gasteiger partial charge on any atom is 0.257 e. The number of nitrogens with one attached hydrogen (secondary N) is 2. The van der Waals surface area contributed by atoms with Crippen LogP contribution in [0.25, 0.3) is 11.3 Å². The van der Waals surface area contributed by atoms with Gasteiger partial charge in [0.25, 0.3) is 11.8 Å². The lowest BCUT2D eigenvalue weighted by atomic mass is 10.0. The number of ether oxygens (including phenoxy) is 1. The zero-order valence-corrected chi connectivity index (χ0v) is 18.4. The van der Waals surface area contributed by atoms with Gasteiger partial charge in [0.05, 0.1) is 5.69 Å². The van der Waals surface area contributed by atoms with Gasteiger partial charge < -0.3 is 10.1 Å². The van der Waals surface area contributed by atoms with E-state index in [0.29, 0.717) is 28.9 Å². The zero-order chi connectivity index (χ0) is 21.8. The lowest BCUT2D eigenvalue weighted by Crippen LogP contribution is -2.27. The van der Waals surface area contributed by atoms with Crippen LogP contribution in [0.15, 0.2) is 53.9 Å². The molecule has 2 N–H and O–H groups in total. The highest BCUT2D eigenvalue weighted by molar-refractivity contribution is 7.14. The average Bonchev–Trinajstić information content (AvgIpc) is 3.46. The number of hydrogen-bond acceptors (Lipinski definition) is 5. The van der Waals surface area contributed by atoms with Crippen LogP contribution in [0.4, 0.5) is 10.8 Å². The highest BCUT2D eigenvalue weighted by Crippen LogP contribution is 2.27. The van der Waals surface area contributed by atoms with Gasteiger partial charge >= 0.3 is 0 Å². The van der Waals surface area contributed by atoms with E-state index in [1.807, 2.05) is 5.38 Å². The van der Waals surface area contributed by atoms with Crippen molar-refractivity contribution in [2.24, 2.45) is 0 Å². The number of anilines is 2. The quantitative estimate of drug-likeness (QED) is 0.550. The summed E-state index contributed by atoms with van der Waals surface area (Å²) < 4.78 is 5.40. The van der Waals surface area contributed by atoms with Gasteiger partial charge in [-0.2, -0.15) is 0 Å². The Morgan fingerprint density at radius 2 is 1.94 bits per heavy atom. The average molecular weight is 436 g/mol. The zero-order valence-electron chi connectivity index (χ0n) is 17.6. The second-order valence-electron chi connectivity index (χ2n) is 7.84. The molecule has 6 nitrogen and oxygen atoms in total. The van der Waals surface area contributed by atoms with E-state index in [4.69, 9.17) is 4.74 Å². The Morgan fingerprint density at radius 3 is 2.65 bits per heavy atom. The molecule has 7 heteroatoms. The summed E-state index contributed by atoms with van der Waals surface area (Å²) >= 11 is 1.38. The number of carbonyl (C=O) groups is 2. The number of carbonyl (C=O) groups excluding carboxylic acids is 2. The molecule has 31 heavy (non-hydrogen) atoms. The number of rotatable bonds is 6. The highest BCUT2D eigenvalue weighted by atomic mass is 32.1. The molecule has 3 aromatic rings. The first-order chi connectivity index (χ1) is 15.0. The SMILES string of the molecule is CC(C)c1ccc(-c2csc(NC(=O)c3cccc(NC(=O)[C@H]4CCCO4)c3)n2)cc1. The second kappa shape index (κ2) is 9.41. The number of thiazole rings is 1. The molecule has 0 unspecified atom stereocenters. The molecule has 0 saturated carbocycles. The molecule has 1 atom stereocenters. The number of benzene rings is 2. The Labute approximate surface area is 185 Å². The van der Waals surface area contributed by atoms with Gasteiger partial charge in [0.2, 0.25) is 0 Å². The van der Waals surface area contributed by atoms with Crippen LogP contribution < -0.4 is 10.6 Å². The first-order valence-electron chi connectivity index (χ1n) is 10.4. The summed E-state index contributed by atoms with van der Waals surface area (Å²) in [6, 6.07) is 15.2. The van der Waals surface area contributed by atoms with E-state index >= 15 is 0 Å². The standard InChI is InChI=1S/C24H25N3O3S/c1-15(2)16-8-10-17(11-9-16)20-14-31-24(26-20)27-22(28)18-5-3-6-19(13-18)25-23(29)21-7-4-12-30-21/h3,5-6,8-11,13-15,21H,4,7,12H2,1-2H3,(H,25,29)(H,26,27,28)/t21-/m1/s1. The number of hydrogen-bond donors (Lipinski definition) is 2. The molecule has 2 amide bonds. The molecule has 2 heterocycles. The number of amides is 2. The van der Waals surface area contributed by atoms with E-state index in [2.05, 4.69) is 53.7 Å². The summed E-state index contributed by atoms with van der Waals surface area (Å²) in [5, 5.41) is 8.13. The van der Waals surface area contributed by atoms with Gasteiger partial charge in [-0.25, -0.2) is 4.98 Å². The normalized spacial score (nSPS) is 15.8. The van der Waals surface area contributed by atoms with Crippen molar-refractivity contribution in [3.63, 3.8) is 0 Å². The van der Waals surface area contributed by atoms with E-state index in [-0.39, 0.29) is 11.8 Å². The topological polar surface area (TPSA) is 80.3 Å². The molecular formula is C24H25N3O3S. The van der Waals surface area contributed by atoms with Crippen molar-refractivity contribution in [3.8, 4) is 11.3 Å². The van der Waals surface area contributed by atoms with E-state index in [9.17, 15) is 9.59 Å². The Hall–Kier alpha value is -3.03. The summed E-state index contributed by atoms with van der Waals surface area (Å²) in [6.07, 6.45) is 1.19. The minimum absolute atomic E-state index is 0.178. The summed E-state index contributed by atoms with van der Waals surface area (Å²) in [5.41, 5.74) is 4.13. The van der Waals surface area contributed by atoms with Gasteiger partial charge in [-0.15, -0.1) is 11.3 Å². The van der Waals surface area contributed by atoms with Gasteiger partial charge in [0.1, 0.15) is 6.10 Å². The van der Waals surface area contributed by atoms with E-state index in [1.54, 1.807) is 24.3 Å². The van der Waals surface area contributed by atoms with Crippen molar-refractivity contribution in [1.82, 2.24) is 4.98 Å².